The van der Waals surface area contributed by atoms with E-state index in [0.29, 0.717) is 53.2 Å². The highest BCUT2D eigenvalue weighted by Crippen LogP contribution is 2.30. The Balaban J connectivity index is 2.31. The molecule has 0 aromatic heterocycles. The Morgan fingerprint density at radius 2 is 1.58 bits per heavy atom. The lowest BCUT2D eigenvalue weighted by Crippen LogP contribution is -2.53. The van der Waals surface area contributed by atoms with Gasteiger partial charge in [-0.05, 0) is 77.3 Å². The van der Waals surface area contributed by atoms with E-state index in [0.717, 1.165) is 5.56 Å². The zero-order chi connectivity index (χ0) is 26.9. The van der Waals surface area contributed by atoms with Crippen molar-refractivity contribution in [2.24, 2.45) is 0 Å². The molecule has 2 amide bonds. The van der Waals surface area contributed by atoms with Gasteiger partial charge in [-0.2, -0.15) is 0 Å². The van der Waals surface area contributed by atoms with Crippen LogP contribution in [0, 0.1) is 0 Å². The number of nitrogens with zero attached hydrogens (tertiary/aromatic N) is 1. The maximum Gasteiger partial charge on any atom is 0.243 e. The summed E-state index contributed by atoms with van der Waals surface area (Å²) >= 11 is 12.8. The number of hydrogen-bond donors (Lipinski definition) is 1. The molecule has 0 fully saturated rings. The maximum atomic E-state index is 13.6. The van der Waals surface area contributed by atoms with Gasteiger partial charge in [0.1, 0.15) is 6.04 Å². The van der Waals surface area contributed by atoms with Crippen LogP contribution in [0.15, 0.2) is 36.4 Å². The number of hydrogen-bond acceptors (Lipinski definition) is 4. The van der Waals surface area contributed by atoms with Crippen LogP contribution in [-0.4, -0.2) is 41.5 Å². The number of nitrogens with one attached hydrogen (secondary N) is 1. The van der Waals surface area contributed by atoms with Crippen molar-refractivity contribution in [3.05, 3.63) is 57.6 Å². The SMILES string of the molecule is CCOc1ccc(CCC(=O)N(Cc2c(Cl)cccc2Cl)[C@H](CC)C(=O)NC(C)(C)C)cc1OCC. The van der Waals surface area contributed by atoms with Crippen LogP contribution in [0.4, 0.5) is 0 Å². The molecule has 0 radical (unpaired) electrons. The van der Waals surface area contributed by atoms with Gasteiger partial charge in [0.25, 0.3) is 0 Å². The summed E-state index contributed by atoms with van der Waals surface area (Å²) in [5.74, 6) is 0.962. The van der Waals surface area contributed by atoms with E-state index in [1.807, 2.05) is 59.7 Å². The predicted octanol–water partition coefficient (Wildman–Crippen LogP) is 6.45. The van der Waals surface area contributed by atoms with Crippen LogP contribution >= 0.6 is 23.2 Å². The Kier molecular flexibility index (Phi) is 11.4. The van der Waals surface area contributed by atoms with Crippen molar-refractivity contribution in [3.8, 4) is 11.5 Å². The molecule has 6 nitrogen and oxygen atoms in total. The summed E-state index contributed by atoms with van der Waals surface area (Å²) in [6, 6.07) is 10.3. The third-order valence-corrected chi connectivity index (χ3v) is 6.22. The first-order valence-electron chi connectivity index (χ1n) is 12.4. The van der Waals surface area contributed by atoms with E-state index in [1.54, 1.807) is 23.1 Å². The number of ether oxygens (including phenoxy) is 2. The van der Waals surface area contributed by atoms with Crippen molar-refractivity contribution >= 4 is 35.0 Å². The van der Waals surface area contributed by atoms with Gasteiger partial charge in [0.15, 0.2) is 11.5 Å². The van der Waals surface area contributed by atoms with Crippen LogP contribution in [0.5, 0.6) is 11.5 Å². The average Bonchev–Trinajstić information content (AvgIpc) is 2.79. The first-order valence-corrected chi connectivity index (χ1v) is 13.2. The number of halogens is 2. The van der Waals surface area contributed by atoms with Crippen molar-refractivity contribution in [3.63, 3.8) is 0 Å². The summed E-state index contributed by atoms with van der Waals surface area (Å²) in [4.78, 5) is 28.4. The molecule has 0 saturated heterocycles. The molecule has 1 N–H and O–H groups in total. The van der Waals surface area contributed by atoms with E-state index in [2.05, 4.69) is 5.32 Å². The number of aryl methyl sites for hydroxylation is 1. The molecule has 0 aliphatic heterocycles. The van der Waals surface area contributed by atoms with Gasteiger partial charge in [-0.3, -0.25) is 9.59 Å². The number of rotatable bonds is 12. The topological polar surface area (TPSA) is 67.9 Å². The van der Waals surface area contributed by atoms with Crippen molar-refractivity contribution in [1.29, 1.82) is 0 Å². The molecule has 0 spiro atoms. The average molecular weight is 538 g/mol. The summed E-state index contributed by atoms with van der Waals surface area (Å²) in [7, 11) is 0. The van der Waals surface area contributed by atoms with Crippen molar-refractivity contribution < 1.29 is 19.1 Å². The third-order valence-electron chi connectivity index (χ3n) is 5.51. The summed E-state index contributed by atoms with van der Waals surface area (Å²) in [6.07, 6.45) is 1.14. The van der Waals surface area contributed by atoms with E-state index in [9.17, 15) is 9.59 Å². The van der Waals surface area contributed by atoms with Gasteiger partial charge in [0, 0.05) is 34.1 Å². The third kappa shape index (κ3) is 8.59. The van der Waals surface area contributed by atoms with E-state index in [1.165, 1.54) is 0 Å². The number of carbonyl (C=O) groups is 2. The molecule has 0 saturated carbocycles. The molecule has 2 rings (SSSR count). The lowest BCUT2D eigenvalue weighted by Gasteiger charge is -2.33. The molecule has 0 aliphatic rings. The molecule has 198 valence electrons. The molecule has 36 heavy (non-hydrogen) atoms. The summed E-state index contributed by atoms with van der Waals surface area (Å²) in [5, 5.41) is 3.92. The van der Waals surface area contributed by atoms with Gasteiger partial charge < -0.3 is 19.7 Å². The Morgan fingerprint density at radius 1 is 0.972 bits per heavy atom. The number of benzene rings is 2. The second-order valence-corrected chi connectivity index (χ2v) is 10.3. The van der Waals surface area contributed by atoms with Crippen LogP contribution in [-0.2, 0) is 22.6 Å². The molecule has 2 aromatic carbocycles. The first kappa shape index (κ1) is 29.8. The van der Waals surface area contributed by atoms with Gasteiger partial charge in [0.2, 0.25) is 11.8 Å². The van der Waals surface area contributed by atoms with Crippen LogP contribution in [0.2, 0.25) is 10.0 Å². The highest BCUT2D eigenvalue weighted by atomic mass is 35.5. The minimum atomic E-state index is -0.664. The van der Waals surface area contributed by atoms with E-state index in [-0.39, 0.29) is 24.8 Å². The quantitative estimate of drug-likeness (QED) is 0.338. The predicted molar refractivity (Wildman–Crippen MR) is 146 cm³/mol. The fraction of sp³-hybridized carbons (Fsp3) is 0.500. The Morgan fingerprint density at radius 3 is 2.14 bits per heavy atom. The fourth-order valence-electron chi connectivity index (χ4n) is 3.87. The molecule has 0 bridgehead atoms. The van der Waals surface area contributed by atoms with Crippen LogP contribution in [0.25, 0.3) is 0 Å². The van der Waals surface area contributed by atoms with Crippen molar-refractivity contribution in [1.82, 2.24) is 10.2 Å². The van der Waals surface area contributed by atoms with Gasteiger partial charge in [-0.25, -0.2) is 0 Å². The van der Waals surface area contributed by atoms with Gasteiger partial charge >= 0.3 is 0 Å². The van der Waals surface area contributed by atoms with Crippen LogP contribution in [0.1, 0.15) is 65.5 Å². The first-order chi connectivity index (χ1) is 17.0. The van der Waals surface area contributed by atoms with E-state index >= 15 is 0 Å². The molecule has 0 aliphatic carbocycles. The molecule has 0 heterocycles. The van der Waals surface area contributed by atoms with Gasteiger partial charge in [0.05, 0.1) is 13.2 Å². The molecular formula is C28H38Cl2N2O4. The monoisotopic (exact) mass is 536 g/mol. The smallest absolute Gasteiger partial charge is 0.243 e. The minimum Gasteiger partial charge on any atom is -0.490 e. The lowest BCUT2D eigenvalue weighted by molar-refractivity contribution is -0.142. The number of carbonyl (C=O) groups excluding carboxylic acids is 2. The zero-order valence-corrected chi connectivity index (χ0v) is 23.6. The normalized spacial score (nSPS) is 12.1. The van der Waals surface area contributed by atoms with E-state index in [4.69, 9.17) is 32.7 Å². The molecule has 1 atom stereocenters. The lowest BCUT2D eigenvalue weighted by atomic mass is 10.0. The highest BCUT2D eigenvalue weighted by molar-refractivity contribution is 6.36. The van der Waals surface area contributed by atoms with Crippen LogP contribution < -0.4 is 14.8 Å². The summed E-state index contributed by atoms with van der Waals surface area (Å²) < 4.78 is 11.4. The van der Waals surface area contributed by atoms with Crippen molar-refractivity contribution in [2.45, 2.75) is 78.9 Å². The van der Waals surface area contributed by atoms with Crippen molar-refractivity contribution in [2.75, 3.05) is 13.2 Å². The fourth-order valence-corrected chi connectivity index (χ4v) is 4.39. The highest BCUT2D eigenvalue weighted by Gasteiger charge is 2.31. The van der Waals surface area contributed by atoms with Crippen LogP contribution in [0.3, 0.4) is 0 Å². The Hall–Kier alpha value is -2.44. The zero-order valence-electron chi connectivity index (χ0n) is 22.1. The minimum absolute atomic E-state index is 0.140. The largest absolute Gasteiger partial charge is 0.490 e. The summed E-state index contributed by atoms with van der Waals surface area (Å²) in [6.45, 7) is 12.6. The van der Waals surface area contributed by atoms with Gasteiger partial charge in [-0.1, -0.05) is 42.3 Å². The molecule has 0 unspecified atom stereocenters. The van der Waals surface area contributed by atoms with Gasteiger partial charge in [-0.15, -0.1) is 0 Å². The molecular weight excluding hydrogens is 499 g/mol. The molecule has 8 heteroatoms. The second kappa shape index (κ2) is 13.8. The molecule has 2 aromatic rings. The standard InChI is InChI=1S/C28H38Cl2N2O4/c1-7-23(27(34)31-28(4,5)6)32(18-20-21(29)11-10-12-22(20)30)26(33)16-14-19-13-15-24(35-8-2)25(17-19)36-9-3/h10-13,15,17,23H,7-9,14,16,18H2,1-6H3,(H,31,34)/t23-/m1/s1. The summed E-state index contributed by atoms with van der Waals surface area (Å²) in [5.41, 5.74) is 1.13. The Labute approximate surface area is 225 Å². The number of amides is 2. The Bertz CT molecular complexity index is 1020. The second-order valence-electron chi connectivity index (χ2n) is 9.53. The van der Waals surface area contributed by atoms with E-state index < -0.39 is 11.6 Å². The maximum absolute atomic E-state index is 13.6.